The van der Waals surface area contributed by atoms with Crippen LogP contribution < -0.4 is 4.74 Å². The Balaban J connectivity index is 1.63. The highest BCUT2D eigenvalue weighted by Gasteiger charge is 2.34. The van der Waals surface area contributed by atoms with E-state index in [1.54, 1.807) is 6.08 Å². The van der Waals surface area contributed by atoms with Gasteiger partial charge in [0.15, 0.2) is 0 Å². The van der Waals surface area contributed by atoms with E-state index in [0.29, 0.717) is 4.91 Å². The van der Waals surface area contributed by atoms with Gasteiger partial charge in [-0.1, -0.05) is 40.2 Å². The molecule has 0 spiro atoms. The number of imide groups is 1. The second kappa shape index (κ2) is 7.89. The van der Waals surface area contributed by atoms with Crippen LogP contribution >= 0.6 is 27.7 Å². The van der Waals surface area contributed by atoms with Gasteiger partial charge in [0, 0.05) is 4.47 Å². The first kappa shape index (κ1) is 17.8. The number of ether oxygens (including phenoxy) is 1. The first-order valence-electron chi connectivity index (χ1n) is 7.73. The lowest BCUT2D eigenvalue weighted by Crippen LogP contribution is -2.32. The SMILES string of the molecule is Cc1cccc(OCCN2C(=O)S/C(=C\c3cccc(Br)c3)C2=O)c1. The van der Waals surface area contributed by atoms with Crippen LogP contribution in [-0.2, 0) is 4.79 Å². The monoisotopic (exact) mass is 417 g/mol. The molecule has 2 aromatic rings. The minimum atomic E-state index is -0.275. The maximum Gasteiger partial charge on any atom is 0.293 e. The van der Waals surface area contributed by atoms with E-state index in [2.05, 4.69) is 15.9 Å². The van der Waals surface area contributed by atoms with Crippen LogP contribution in [0.4, 0.5) is 4.79 Å². The van der Waals surface area contributed by atoms with Crippen LogP contribution in [-0.4, -0.2) is 29.2 Å². The second-order valence-electron chi connectivity index (χ2n) is 5.55. The van der Waals surface area contributed by atoms with Gasteiger partial charge in [-0.15, -0.1) is 0 Å². The molecule has 2 amide bonds. The van der Waals surface area contributed by atoms with Crippen LogP contribution in [0.5, 0.6) is 5.75 Å². The van der Waals surface area contributed by atoms with Crippen molar-refractivity contribution in [3.8, 4) is 5.75 Å². The number of benzene rings is 2. The van der Waals surface area contributed by atoms with Crippen molar-refractivity contribution in [3.05, 3.63) is 69.0 Å². The third-order valence-electron chi connectivity index (χ3n) is 3.59. The molecule has 128 valence electrons. The van der Waals surface area contributed by atoms with E-state index in [-0.39, 0.29) is 24.3 Å². The highest BCUT2D eigenvalue weighted by molar-refractivity contribution is 9.10. The lowest BCUT2D eigenvalue weighted by molar-refractivity contribution is -0.123. The predicted octanol–water partition coefficient (Wildman–Crippen LogP) is 4.87. The number of amides is 2. The Morgan fingerprint density at radius 3 is 2.72 bits per heavy atom. The minimum Gasteiger partial charge on any atom is -0.492 e. The molecule has 4 nitrogen and oxygen atoms in total. The summed E-state index contributed by atoms with van der Waals surface area (Å²) in [6.07, 6.45) is 1.73. The minimum absolute atomic E-state index is 0.231. The number of aryl methyl sites for hydroxylation is 1. The molecule has 0 radical (unpaired) electrons. The number of nitrogens with zero attached hydrogens (tertiary/aromatic N) is 1. The molecule has 2 aromatic carbocycles. The predicted molar refractivity (Wildman–Crippen MR) is 103 cm³/mol. The summed E-state index contributed by atoms with van der Waals surface area (Å²) in [5.41, 5.74) is 1.97. The second-order valence-corrected chi connectivity index (χ2v) is 7.46. The fourth-order valence-corrected chi connectivity index (χ4v) is 3.68. The lowest BCUT2D eigenvalue weighted by atomic mass is 10.2. The third-order valence-corrected chi connectivity index (χ3v) is 4.99. The zero-order valence-electron chi connectivity index (χ0n) is 13.6. The van der Waals surface area contributed by atoms with Crippen molar-refractivity contribution in [2.45, 2.75) is 6.92 Å². The van der Waals surface area contributed by atoms with Gasteiger partial charge in [-0.3, -0.25) is 14.5 Å². The van der Waals surface area contributed by atoms with Gasteiger partial charge in [-0.05, 0) is 60.2 Å². The molecule has 0 atom stereocenters. The molecule has 0 bridgehead atoms. The number of thioether (sulfide) groups is 1. The molecule has 1 saturated heterocycles. The van der Waals surface area contributed by atoms with Crippen molar-refractivity contribution in [1.29, 1.82) is 0 Å². The average Bonchev–Trinajstić information content (AvgIpc) is 2.82. The zero-order valence-corrected chi connectivity index (χ0v) is 16.0. The number of hydrogen-bond acceptors (Lipinski definition) is 4. The molecular weight excluding hydrogens is 402 g/mol. The first-order valence-corrected chi connectivity index (χ1v) is 9.34. The van der Waals surface area contributed by atoms with E-state index in [0.717, 1.165) is 33.1 Å². The van der Waals surface area contributed by atoms with Crippen molar-refractivity contribution in [3.63, 3.8) is 0 Å². The van der Waals surface area contributed by atoms with Gasteiger partial charge in [0.25, 0.3) is 11.1 Å². The Morgan fingerprint density at radius 1 is 1.16 bits per heavy atom. The van der Waals surface area contributed by atoms with Gasteiger partial charge >= 0.3 is 0 Å². The Hall–Kier alpha value is -2.05. The molecule has 6 heteroatoms. The first-order chi connectivity index (χ1) is 12.0. The van der Waals surface area contributed by atoms with Crippen molar-refractivity contribution in [1.82, 2.24) is 4.90 Å². The fraction of sp³-hybridized carbons (Fsp3) is 0.158. The normalized spacial score (nSPS) is 15.9. The van der Waals surface area contributed by atoms with E-state index in [4.69, 9.17) is 4.74 Å². The van der Waals surface area contributed by atoms with Gasteiger partial charge in [-0.2, -0.15) is 0 Å². The molecule has 1 aliphatic rings. The van der Waals surface area contributed by atoms with E-state index >= 15 is 0 Å². The van der Waals surface area contributed by atoms with Crippen LogP contribution in [0.15, 0.2) is 57.9 Å². The van der Waals surface area contributed by atoms with Crippen LogP contribution in [0.3, 0.4) is 0 Å². The van der Waals surface area contributed by atoms with E-state index in [1.807, 2.05) is 55.5 Å². The number of hydrogen-bond donors (Lipinski definition) is 0. The molecular formula is C19H16BrNO3S. The topological polar surface area (TPSA) is 46.6 Å². The van der Waals surface area contributed by atoms with Crippen LogP contribution in [0.25, 0.3) is 6.08 Å². The maximum absolute atomic E-state index is 12.5. The summed E-state index contributed by atoms with van der Waals surface area (Å²) < 4.78 is 6.56. The summed E-state index contributed by atoms with van der Waals surface area (Å²) in [4.78, 5) is 26.2. The summed E-state index contributed by atoms with van der Waals surface area (Å²) in [7, 11) is 0. The van der Waals surface area contributed by atoms with Crippen LogP contribution in [0, 0.1) is 6.92 Å². The van der Waals surface area contributed by atoms with Crippen LogP contribution in [0.2, 0.25) is 0 Å². The van der Waals surface area contributed by atoms with Gasteiger partial charge in [-0.25, -0.2) is 0 Å². The van der Waals surface area contributed by atoms with Crippen molar-refractivity contribution in [2.75, 3.05) is 13.2 Å². The summed E-state index contributed by atoms with van der Waals surface area (Å²) in [6, 6.07) is 15.2. The van der Waals surface area contributed by atoms with Crippen molar-refractivity contribution in [2.24, 2.45) is 0 Å². The van der Waals surface area contributed by atoms with Crippen LogP contribution in [0.1, 0.15) is 11.1 Å². The summed E-state index contributed by atoms with van der Waals surface area (Å²) in [6.45, 7) is 2.48. The zero-order chi connectivity index (χ0) is 17.8. The largest absolute Gasteiger partial charge is 0.492 e. The van der Waals surface area contributed by atoms with Crippen molar-refractivity contribution < 1.29 is 14.3 Å². The molecule has 1 aliphatic heterocycles. The molecule has 0 N–H and O–H groups in total. The Bertz CT molecular complexity index is 850. The molecule has 3 rings (SSSR count). The average molecular weight is 418 g/mol. The Kier molecular flexibility index (Phi) is 5.60. The molecule has 0 unspecified atom stereocenters. The van der Waals surface area contributed by atoms with E-state index in [1.165, 1.54) is 4.90 Å². The number of carbonyl (C=O) groups excluding carboxylic acids is 2. The summed E-state index contributed by atoms with van der Waals surface area (Å²) >= 11 is 4.36. The highest BCUT2D eigenvalue weighted by Crippen LogP contribution is 2.32. The fourth-order valence-electron chi connectivity index (χ4n) is 2.40. The summed E-state index contributed by atoms with van der Waals surface area (Å²) in [5.74, 6) is 0.458. The third kappa shape index (κ3) is 4.52. The lowest BCUT2D eigenvalue weighted by Gasteiger charge is -2.13. The van der Waals surface area contributed by atoms with Gasteiger partial charge in [0.2, 0.25) is 0 Å². The Morgan fingerprint density at radius 2 is 1.96 bits per heavy atom. The summed E-state index contributed by atoms with van der Waals surface area (Å²) in [5, 5.41) is -0.265. The standard InChI is InChI=1S/C19H16BrNO3S/c1-13-4-2-7-16(10-13)24-9-8-21-18(22)17(25-19(21)23)12-14-5-3-6-15(20)11-14/h2-7,10-12H,8-9H2,1H3/b17-12-. The quantitative estimate of drug-likeness (QED) is 0.650. The van der Waals surface area contributed by atoms with Gasteiger partial charge < -0.3 is 4.74 Å². The Labute approximate surface area is 159 Å². The van der Waals surface area contributed by atoms with E-state index in [9.17, 15) is 9.59 Å². The molecule has 25 heavy (non-hydrogen) atoms. The molecule has 0 aliphatic carbocycles. The van der Waals surface area contributed by atoms with Gasteiger partial charge in [0.1, 0.15) is 12.4 Å². The maximum atomic E-state index is 12.5. The molecule has 1 fully saturated rings. The smallest absolute Gasteiger partial charge is 0.293 e. The number of rotatable bonds is 5. The molecule has 1 heterocycles. The number of halogens is 1. The van der Waals surface area contributed by atoms with Crippen molar-refractivity contribution >= 4 is 44.9 Å². The molecule has 0 saturated carbocycles. The molecule has 0 aromatic heterocycles. The number of carbonyl (C=O) groups is 2. The highest BCUT2D eigenvalue weighted by atomic mass is 79.9. The van der Waals surface area contributed by atoms with E-state index < -0.39 is 0 Å². The van der Waals surface area contributed by atoms with Gasteiger partial charge in [0.05, 0.1) is 11.4 Å².